The molecule has 0 spiro atoms. The number of hydrogen-bond donors (Lipinski definition) is 0. The second kappa shape index (κ2) is 8.66. The van der Waals surface area contributed by atoms with Gasteiger partial charge >= 0.3 is 0 Å². The maximum Gasteiger partial charge on any atom is 0.262 e. The zero-order chi connectivity index (χ0) is 23.8. The molecular weight excluding hydrogens is 450 g/mol. The van der Waals surface area contributed by atoms with E-state index in [0.29, 0.717) is 17.1 Å². The smallest absolute Gasteiger partial charge is 0.262 e. The molecular formula is C22H21N3O7S. The van der Waals surface area contributed by atoms with Crippen LogP contribution in [0, 0.1) is 0 Å². The van der Waals surface area contributed by atoms with Crippen molar-refractivity contribution in [3.8, 4) is 22.9 Å². The van der Waals surface area contributed by atoms with Crippen LogP contribution in [0.5, 0.6) is 11.5 Å². The van der Waals surface area contributed by atoms with E-state index in [0.717, 1.165) is 11.2 Å². The molecule has 1 unspecified atom stereocenters. The predicted octanol–water partition coefficient (Wildman–Crippen LogP) is 2.53. The molecule has 1 aliphatic heterocycles. The van der Waals surface area contributed by atoms with Crippen LogP contribution in [0.15, 0.2) is 47.0 Å². The van der Waals surface area contributed by atoms with Crippen LogP contribution in [0.4, 0.5) is 0 Å². The van der Waals surface area contributed by atoms with Crippen LogP contribution in [0.2, 0.25) is 0 Å². The Morgan fingerprint density at radius 1 is 1.00 bits per heavy atom. The third kappa shape index (κ3) is 4.31. The van der Waals surface area contributed by atoms with Crippen molar-refractivity contribution in [3.05, 3.63) is 59.5 Å². The largest absolute Gasteiger partial charge is 0.493 e. The molecule has 0 fully saturated rings. The van der Waals surface area contributed by atoms with E-state index >= 15 is 0 Å². The first kappa shape index (κ1) is 22.5. The van der Waals surface area contributed by atoms with Gasteiger partial charge in [0.2, 0.25) is 11.7 Å². The van der Waals surface area contributed by atoms with E-state index in [-0.39, 0.29) is 35.0 Å². The van der Waals surface area contributed by atoms with Crippen molar-refractivity contribution in [3.63, 3.8) is 0 Å². The van der Waals surface area contributed by atoms with Gasteiger partial charge in [-0.3, -0.25) is 14.5 Å². The molecule has 172 valence electrons. The van der Waals surface area contributed by atoms with E-state index in [2.05, 4.69) is 10.1 Å². The Morgan fingerprint density at radius 3 is 2.21 bits per heavy atom. The van der Waals surface area contributed by atoms with Gasteiger partial charge in [-0.15, -0.1) is 0 Å². The molecule has 0 N–H and O–H groups in total. The summed E-state index contributed by atoms with van der Waals surface area (Å²) in [6.45, 7) is 0. The number of fused-ring (bicyclic) bond motifs is 1. The molecule has 3 aromatic rings. The highest BCUT2D eigenvalue weighted by Gasteiger charge is 2.42. The first-order chi connectivity index (χ1) is 15.7. The Morgan fingerprint density at radius 2 is 1.64 bits per heavy atom. The Labute approximate surface area is 190 Å². The number of ether oxygens (including phenoxy) is 2. The molecule has 10 nitrogen and oxygen atoms in total. The number of rotatable bonds is 8. The zero-order valence-electron chi connectivity index (χ0n) is 18.1. The molecule has 2 heterocycles. The number of carbonyl (C=O) groups is 2. The van der Waals surface area contributed by atoms with Crippen LogP contribution in [-0.4, -0.2) is 61.5 Å². The monoisotopic (exact) mass is 471 g/mol. The lowest BCUT2D eigenvalue weighted by Gasteiger charge is -2.22. The van der Waals surface area contributed by atoms with E-state index in [1.807, 2.05) is 0 Å². The van der Waals surface area contributed by atoms with Crippen molar-refractivity contribution in [1.82, 2.24) is 15.0 Å². The number of hydrogen-bond acceptors (Lipinski definition) is 9. The van der Waals surface area contributed by atoms with Crippen molar-refractivity contribution in [2.75, 3.05) is 26.2 Å². The maximum absolute atomic E-state index is 13.0. The quantitative estimate of drug-likeness (QED) is 0.455. The van der Waals surface area contributed by atoms with Crippen LogP contribution in [0.1, 0.15) is 39.1 Å². The average Bonchev–Trinajstić information content (AvgIpc) is 3.38. The highest BCUT2D eigenvalue weighted by Crippen LogP contribution is 2.35. The fourth-order valence-corrected chi connectivity index (χ4v) is 4.29. The van der Waals surface area contributed by atoms with Crippen LogP contribution in [-0.2, 0) is 9.84 Å². The lowest BCUT2D eigenvalue weighted by Crippen LogP contribution is -2.35. The lowest BCUT2D eigenvalue weighted by atomic mass is 10.1. The minimum absolute atomic E-state index is 0.0436. The van der Waals surface area contributed by atoms with E-state index < -0.39 is 27.7 Å². The van der Waals surface area contributed by atoms with Crippen molar-refractivity contribution < 1.29 is 32.0 Å². The van der Waals surface area contributed by atoms with E-state index in [1.165, 1.54) is 14.2 Å². The standard InChI is InChI=1S/C22H21N3O7S/c1-30-17-9-8-13(12-18(17)31-2)19-23-20(32-24-19)16(10-11-33(3,28)29)25-21(26)14-6-4-5-7-15(14)22(25)27/h4-9,12,16H,10-11H2,1-3H3. The summed E-state index contributed by atoms with van der Waals surface area (Å²) in [5.74, 6) is -0.249. The van der Waals surface area contributed by atoms with E-state index in [4.69, 9.17) is 14.0 Å². The van der Waals surface area contributed by atoms with Crippen molar-refractivity contribution >= 4 is 21.7 Å². The molecule has 4 rings (SSSR count). The van der Waals surface area contributed by atoms with Gasteiger partial charge in [-0.05, 0) is 36.8 Å². The minimum Gasteiger partial charge on any atom is -0.493 e. The van der Waals surface area contributed by atoms with Gasteiger partial charge in [-0.1, -0.05) is 17.3 Å². The maximum atomic E-state index is 13.0. The second-order valence-electron chi connectivity index (χ2n) is 7.49. The highest BCUT2D eigenvalue weighted by molar-refractivity contribution is 7.90. The van der Waals surface area contributed by atoms with Gasteiger partial charge in [-0.25, -0.2) is 8.42 Å². The summed E-state index contributed by atoms with van der Waals surface area (Å²) in [4.78, 5) is 31.4. The molecule has 1 atom stereocenters. The second-order valence-corrected chi connectivity index (χ2v) is 9.75. The lowest BCUT2D eigenvalue weighted by molar-refractivity contribution is 0.0547. The van der Waals surface area contributed by atoms with E-state index in [1.54, 1.807) is 42.5 Å². The molecule has 2 amide bonds. The summed E-state index contributed by atoms with van der Waals surface area (Å²) in [5.41, 5.74) is 1.03. The van der Waals surface area contributed by atoms with E-state index in [9.17, 15) is 18.0 Å². The predicted molar refractivity (Wildman–Crippen MR) is 117 cm³/mol. The van der Waals surface area contributed by atoms with Crippen molar-refractivity contribution in [2.24, 2.45) is 0 Å². The molecule has 0 aliphatic carbocycles. The van der Waals surface area contributed by atoms with Crippen molar-refractivity contribution in [1.29, 1.82) is 0 Å². The van der Waals surface area contributed by atoms with Gasteiger partial charge in [0, 0.05) is 11.8 Å². The Balaban J connectivity index is 1.72. The number of carbonyl (C=O) groups excluding carboxylic acids is 2. The molecule has 33 heavy (non-hydrogen) atoms. The third-order valence-corrected chi connectivity index (χ3v) is 6.25. The van der Waals surface area contributed by atoms with Gasteiger partial charge in [0.1, 0.15) is 15.9 Å². The topological polar surface area (TPSA) is 129 Å². The Kier molecular flexibility index (Phi) is 5.90. The number of methoxy groups -OCH3 is 2. The molecule has 2 aromatic carbocycles. The molecule has 0 radical (unpaired) electrons. The number of sulfone groups is 1. The fourth-order valence-electron chi connectivity index (χ4n) is 3.64. The SMILES string of the molecule is COc1ccc(-c2noc(C(CCS(C)(=O)=O)N3C(=O)c4ccccc4C3=O)n2)cc1OC. The molecule has 0 bridgehead atoms. The van der Waals surface area contributed by atoms with Gasteiger partial charge in [0.05, 0.1) is 31.1 Å². The van der Waals surface area contributed by atoms with Gasteiger partial charge in [0.25, 0.3) is 11.8 Å². The van der Waals surface area contributed by atoms with Crippen LogP contribution in [0.3, 0.4) is 0 Å². The Bertz CT molecular complexity index is 1300. The normalized spacial score (nSPS) is 14.3. The molecule has 0 saturated heterocycles. The molecule has 11 heteroatoms. The first-order valence-corrected chi connectivity index (χ1v) is 12.0. The number of benzene rings is 2. The van der Waals surface area contributed by atoms with Gasteiger partial charge in [-0.2, -0.15) is 4.98 Å². The Hall–Kier alpha value is -3.73. The minimum atomic E-state index is -3.39. The number of nitrogens with zero attached hydrogens (tertiary/aromatic N) is 3. The molecule has 1 aromatic heterocycles. The zero-order valence-corrected chi connectivity index (χ0v) is 19.0. The summed E-state index contributed by atoms with van der Waals surface area (Å²) in [6, 6.07) is 10.4. The molecule has 0 saturated carbocycles. The van der Waals surface area contributed by atoms with Gasteiger partial charge in [0.15, 0.2) is 11.5 Å². The fraction of sp³-hybridized carbons (Fsp3) is 0.273. The highest BCUT2D eigenvalue weighted by atomic mass is 32.2. The molecule has 1 aliphatic rings. The average molecular weight is 471 g/mol. The van der Waals surface area contributed by atoms with Crippen LogP contribution < -0.4 is 9.47 Å². The van der Waals surface area contributed by atoms with Gasteiger partial charge < -0.3 is 14.0 Å². The van der Waals surface area contributed by atoms with Crippen molar-refractivity contribution in [2.45, 2.75) is 12.5 Å². The summed E-state index contributed by atoms with van der Waals surface area (Å²) in [7, 11) is -0.386. The number of aromatic nitrogens is 2. The first-order valence-electron chi connectivity index (χ1n) is 9.94. The van der Waals surface area contributed by atoms with Crippen LogP contribution >= 0.6 is 0 Å². The summed E-state index contributed by atoms with van der Waals surface area (Å²) in [6.07, 6.45) is 0.993. The summed E-state index contributed by atoms with van der Waals surface area (Å²) < 4.78 is 39.6. The number of imide groups is 1. The summed E-state index contributed by atoms with van der Waals surface area (Å²) >= 11 is 0. The van der Waals surface area contributed by atoms with Crippen LogP contribution in [0.25, 0.3) is 11.4 Å². The number of amides is 2. The third-order valence-electron chi connectivity index (χ3n) is 5.27. The summed E-state index contributed by atoms with van der Waals surface area (Å²) in [5, 5.41) is 3.97.